The molecule has 0 radical (unpaired) electrons. The molecule has 0 saturated carbocycles. The fourth-order valence-corrected chi connectivity index (χ4v) is 2.45. The van der Waals surface area contributed by atoms with Gasteiger partial charge in [0.05, 0.1) is 24.6 Å². The minimum Gasteiger partial charge on any atom is -0.311 e. The van der Waals surface area contributed by atoms with E-state index in [9.17, 15) is 13.6 Å². The van der Waals surface area contributed by atoms with E-state index in [-0.39, 0.29) is 17.0 Å². The van der Waals surface area contributed by atoms with Crippen LogP contribution in [0.15, 0.2) is 17.3 Å². The summed E-state index contributed by atoms with van der Waals surface area (Å²) in [5, 5.41) is 4.19. The van der Waals surface area contributed by atoms with Crippen molar-refractivity contribution in [3.8, 4) is 11.4 Å². The highest BCUT2D eigenvalue weighted by molar-refractivity contribution is 5.76. The fraction of sp³-hybridized carbons (Fsp3) is 0.385. The highest BCUT2D eigenvalue weighted by atomic mass is 19.3. The molecule has 0 fully saturated rings. The van der Waals surface area contributed by atoms with Gasteiger partial charge in [-0.1, -0.05) is 0 Å². The summed E-state index contributed by atoms with van der Waals surface area (Å²) in [5.74, 6) is 0.275. The lowest BCUT2D eigenvalue weighted by molar-refractivity contribution is 0.128. The first-order chi connectivity index (χ1) is 10.5. The van der Waals surface area contributed by atoms with E-state index >= 15 is 0 Å². The number of hydrogen-bond donors (Lipinski definition) is 1. The SMILES string of the molecule is CCn1ncc(-c2nc3c(=O)[nH]cnc3n2CC(F)F)c1C. The largest absolute Gasteiger partial charge is 0.311 e. The minimum absolute atomic E-state index is 0.0433. The highest BCUT2D eigenvalue weighted by Crippen LogP contribution is 2.25. The number of H-pyrrole nitrogens is 1. The number of nitrogens with one attached hydrogen (secondary N) is 1. The van der Waals surface area contributed by atoms with Crippen LogP contribution in [0.1, 0.15) is 12.6 Å². The third-order valence-electron chi connectivity index (χ3n) is 3.50. The Morgan fingerprint density at radius 3 is 2.82 bits per heavy atom. The summed E-state index contributed by atoms with van der Waals surface area (Å²) < 4.78 is 28.8. The van der Waals surface area contributed by atoms with E-state index in [1.54, 1.807) is 10.9 Å². The molecular weight excluding hydrogens is 294 g/mol. The second-order valence-electron chi connectivity index (χ2n) is 4.80. The Kier molecular flexibility index (Phi) is 3.47. The molecule has 3 aromatic heterocycles. The minimum atomic E-state index is -2.58. The molecule has 1 N–H and O–H groups in total. The van der Waals surface area contributed by atoms with Gasteiger partial charge in [-0.25, -0.2) is 18.7 Å². The van der Waals surface area contributed by atoms with Crippen molar-refractivity contribution in [1.82, 2.24) is 29.3 Å². The first kappa shape index (κ1) is 14.4. The molecule has 7 nitrogen and oxygen atoms in total. The van der Waals surface area contributed by atoms with Crippen molar-refractivity contribution in [3.05, 3.63) is 28.6 Å². The molecule has 0 aromatic carbocycles. The van der Waals surface area contributed by atoms with Crippen LogP contribution in [0.4, 0.5) is 8.78 Å². The van der Waals surface area contributed by atoms with Gasteiger partial charge in [0.2, 0.25) is 0 Å². The number of hydrogen-bond acceptors (Lipinski definition) is 4. The Labute approximate surface area is 123 Å². The van der Waals surface area contributed by atoms with Gasteiger partial charge in [-0.15, -0.1) is 0 Å². The van der Waals surface area contributed by atoms with Crippen molar-refractivity contribution in [2.45, 2.75) is 33.4 Å². The van der Waals surface area contributed by atoms with Crippen molar-refractivity contribution >= 4 is 11.2 Å². The number of rotatable bonds is 4. The first-order valence-electron chi connectivity index (χ1n) is 6.77. The molecular formula is C13H14F2N6O. The molecule has 0 aliphatic rings. The first-order valence-corrected chi connectivity index (χ1v) is 6.77. The lowest BCUT2D eigenvalue weighted by Gasteiger charge is -2.07. The molecule has 3 heterocycles. The standard InChI is InChI=1S/C13H14F2N6O/c1-3-21-7(2)8(4-18-21)11-19-10-12(16-6-17-13(10)22)20(11)5-9(14)15/h4,6,9H,3,5H2,1-2H3,(H,16,17,22). The zero-order valence-corrected chi connectivity index (χ0v) is 12.0. The maximum atomic E-state index is 12.9. The molecule has 0 aliphatic heterocycles. The van der Waals surface area contributed by atoms with Crippen molar-refractivity contribution in [2.24, 2.45) is 0 Å². The number of nitrogens with zero attached hydrogens (tertiary/aromatic N) is 5. The van der Waals surface area contributed by atoms with Crippen LogP contribution in [0, 0.1) is 6.92 Å². The van der Waals surface area contributed by atoms with Crippen molar-refractivity contribution in [3.63, 3.8) is 0 Å². The second kappa shape index (κ2) is 5.32. The lowest BCUT2D eigenvalue weighted by Crippen LogP contribution is -2.11. The molecule has 9 heteroatoms. The Morgan fingerprint density at radius 1 is 1.41 bits per heavy atom. The molecule has 0 atom stereocenters. The smallest absolute Gasteiger partial charge is 0.278 e. The Hall–Kier alpha value is -2.58. The number of aromatic nitrogens is 6. The van der Waals surface area contributed by atoms with Gasteiger partial charge in [0.15, 0.2) is 11.2 Å². The Morgan fingerprint density at radius 2 is 2.18 bits per heavy atom. The van der Waals surface area contributed by atoms with Gasteiger partial charge in [-0.3, -0.25) is 9.48 Å². The number of imidazole rings is 1. The third-order valence-corrected chi connectivity index (χ3v) is 3.50. The van der Waals surface area contributed by atoms with Gasteiger partial charge in [0, 0.05) is 12.2 Å². The predicted octanol–water partition coefficient (Wildman–Crippen LogP) is 1.58. The maximum Gasteiger partial charge on any atom is 0.278 e. The highest BCUT2D eigenvalue weighted by Gasteiger charge is 2.21. The van der Waals surface area contributed by atoms with Gasteiger partial charge < -0.3 is 9.55 Å². The van der Waals surface area contributed by atoms with Crippen LogP contribution < -0.4 is 5.56 Å². The summed E-state index contributed by atoms with van der Waals surface area (Å²) in [6, 6.07) is 0. The molecule has 0 aliphatic carbocycles. The molecule has 3 aromatic rings. The van der Waals surface area contributed by atoms with Crippen LogP contribution in [0.3, 0.4) is 0 Å². The van der Waals surface area contributed by atoms with Crippen LogP contribution in [-0.2, 0) is 13.1 Å². The fourth-order valence-electron chi connectivity index (χ4n) is 2.45. The summed E-state index contributed by atoms with van der Waals surface area (Å²) in [7, 11) is 0. The molecule has 0 spiro atoms. The third kappa shape index (κ3) is 2.18. The summed E-state index contributed by atoms with van der Waals surface area (Å²) >= 11 is 0. The molecule has 3 rings (SSSR count). The number of fused-ring (bicyclic) bond motifs is 1. The normalized spacial score (nSPS) is 11.7. The molecule has 0 unspecified atom stereocenters. The van der Waals surface area contributed by atoms with Gasteiger partial charge >= 0.3 is 0 Å². The quantitative estimate of drug-likeness (QED) is 0.793. The van der Waals surface area contributed by atoms with Crippen molar-refractivity contribution < 1.29 is 8.78 Å². The van der Waals surface area contributed by atoms with Crippen molar-refractivity contribution in [1.29, 1.82) is 0 Å². The van der Waals surface area contributed by atoms with Gasteiger partial charge in [0.1, 0.15) is 5.82 Å². The van der Waals surface area contributed by atoms with Gasteiger partial charge in [-0.05, 0) is 13.8 Å². The molecule has 22 heavy (non-hydrogen) atoms. The van der Waals surface area contributed by atoms with E-state index in [1.165, 1.54) is 10.9 Å². The summed E-state index contributed by atoms with van der Waals surface area (Å²) in [5.41, 5.74) is 1.13. The zero-order chi connectivity index (χ0) is 15.9. The number of alkyl halides is 2. The monoisotopic (exact) mass is 308 g/mol. The van der Waals surface area contributed by atoms with E-state index in [0.29, 0.717) is 12.1 Å². The van der Waals surface area contributed by atoms with Crippen molar-refractivity contribution in [2.75, 3.05) is 0 Å². The van der Waals surface area contributed by atoms with Crippen LogP contribution in [0.25, 0.3) is 22.6 Å². The van der Waals surface area contributed by atoms with E-state index in [4.69, 9.17) is 0 Å². The topological polar surface area (TPSA) is 81.4 Å². The van der Waals surface area contributed by atoms with E-state index in [2.05, 4.69) is 20.1 Å². The average Bonchev–Trinajstić information content (AvgIpc) is 3.01. The summed E-state index contributed by atoms with van der Waals surface area (Å²) in [6.07, 6.45) is 0.162. The van der Waals surface area contributed by atoms with E-state index in [1.807, 2.05) is 13.8 Å². The predicted molar refractivity (Wildman–Crippen MR) is 75.8 cm³/mol. The van der Waals surface area contributed by atoms with Crippen LogP contribution in [0.5, 0.6) is 0 Å². The number of aromatic amines is 1. The molecule has 0 saturated heterocycles. The molecule has 0 bridgehead atoms. The average molecular weight is 308 g/mol. The Balaban J connectivity index is 2.30. The lowest BCUT2D eigenvalue weighted by atomic mass is 10.2. The van der Waals surface area contributed by atoms with Gasteiger partial charge in [-0.2, -0.15) is 5.10 Å². The van der Waals surface area contributed by atoms with E-state index < -0.39 is 18.5 Å². The number of halogens is 2. The Bertz CT molecular complexity index is 878. The number of aryl methyl sites for hydroxylation is 1. The molecule has 116 valence electrons. The summed E-state index contributed by atoms with van der Waals surface area (Å²) in [6.45, 7) is 3.83. The van der Waals surface area contributed by atoms with E-state index in [0.717, 1.165) is 5.69 Å². The maximum absolute atomic E-state index is 12.9. The molecule has 0 amide bonds. The van der Waals surface area contributed by atoms with Crippen LogP contribution in [-0.4, -0.2) is 35.7 Å². The second-order valence-corrected chi connectivity index (χ2v) is 4.80. The van der Waals surface area contributed by atoms with Crippen LogP contribution >= 0.6 is 0 Å². The van der Waals surface area contributed by atoms with Crippen LogP contribution in [0.2, 0.25) is 0 Å². The summed E-state index contributed by atoms with van der Waals surface area (Å²) in [4.78, 5) is 22.4. The zero-order valence-electron chi connectivity index (χ0n) is 12.0. The van der Waals surface area contributed by atoms with Gasteiger partial charge in [0.25, 0.3) is 12.0 Å².